The lowest BCUT2D eigenvalue weighted by Crippen LogP contribution is -2.29. The number of amides is 1. The third-order valence-corrected chi connectivity index (χ3v) is 6.23. The Bertz CT molecular complexity index is 1450. The van der Waals surface area contributed by atoms with Crippen molar-refractivity contribution >= 4 is 52.3 Å². The molecule has 0 saturated carbocycles. The van der Waals surface area contributed by atoms with Gasteiger partial charge in [0, 0.05) is 10.7 Å². The van der Waals surface area contributed by atoms with Crippen LogP contribution in [-0.2, 0) is 14.3 Å². The topological polar surface area (TPSA) is 113 Å². The number of phenolic OH excluding ortho intramolecular Hbond substituents is 1. The quantitative estimate of drug-likeness (QED) is 0.183. The number of Topliss-reactive ketones (excluding diaryl/α,β-unsaturated/α-hetero) is 1. The molecule has 3 aromatic rings. The molecule has 1 saturated heterocycles. The number of hydrogen-bond acceptors (Lipinski definition) is 7. The third-order valence-electron chi connectivity index (χ3n) is 5.73. The number of phenols is 1. The van der Waals surface area contributed by atoms with Crippen molar-refractivity contribution < 1.29 is 34.1 Å². The van der Waals surface area contributed by atoms with Crippen LogP contribution in [-0.4, -0.2) is 41.6 Å². The van der Waals surface area contributed by atoms with Gasteiger partial charge in [-0.15, -0.1) is 0 Å². The van der Waals surface area contributed by atoms with Crippen LogP contribution in [0.5, 0.6) is 11.5 Å². The number of esters is 1. The minimum atomic E-state index is -1.17. The van der Waals surface area contributed by atoms with E-state index in [1.54, 1.807) is 25.1 Å². The van der Waals surface area contributed by atoms with E-state index in [0.29, 0.717) is 5.56 Å². The summed E-state index contributed by atoms with van der Waals surface area (Å²) in [5.41, 5.74) is 0.418. The van der Waals surface area contributed by atoms with Gasteiger partial charge in [0.15, 0.2) is 0 Å². The lowest BCUT2D eigenvalue weighted by atomic mass is 9.94. The summed E-state index contributed by atoms with van der Waals surface area (Å²) >= 11 is 12.4. The van der Waals surface area contributed by atoms with Crippen molar-refractivity contribution in [3.8, 4) is 11.5 Å². The Labute approximate surface area is 222 Å². The summed E-state index contributed by atoms with van der Waals surface area (Å²) < 4.78 is 10.4. The molecular weight excluding hydrogens is 521 g/mol. The summed E-state index contributed by atoms with van der Waals surface area (Å²) in [5.74, 6) is -3.20. The zero-order chi connectivity index (χ0) is 26.9. The largest absolute Gasteiger partial charge is 0.508 e. The molecule has 10 heteroatoms. The van der Waals surface area contributed by atoms with Gasteiger partial charge < -0.3 is 19.7 Å². The predicted molar refractivity (Wildman–Crippen MR) is 138 cm³/mol. The summed E-state index contributed by atoms with van der Waals surface area (Å²) in [6.07, 6.45) is 0. The molecule has 1 heterocycles. The number of rotatable bonds is 6. The van der Waals surface area contributed by atoms with Crippen molar-refractivity contribution in [1.82, 2.24) is 0 Å². The molecular formula is C27H21Cl2NO7. The number of hydrogen-bond donors (Lipinski definition) is 2. The number of anilines is 1. The van der Waals surface area contributed by atoms with Gasteiger partial charge in [0.1, 0.15) is 17.3 Å². The maximum atomic E-state index is 13.4. The number of ether oxygens (including phenoxy) is 2. The Morgan fingerprint density at radius 1 is 1.05 bits per heavy atom. The molecule has 37 heavy (non-hydrogen) atoms. The van der Waals surface area contributed by atoms with E-state index < -0.39 is 29.5 Å². The summed E-state index contributed by atoms with van der Waals surface area (Å²) in [5, 5.41) is 21.8. The highest BCUT2D eigenvalue weighted by Gasteiger charge is 2.47. The molecule has 190 valence electrons. The first-order valence-corrected chi connectivity index (χ1v) is 11.8. The predicted octanol–water partition coefficient (Wildman–Crippen LogP) is 5.51. The Kier molecular flexibility index (Phi) is 7.42. The zero-order valence-electron chi connectivity index (χ0n) is 19.7. The monoisotopic (exact) mass is 541 g/mol. The van der Waals surface area contributed by atoms with Crippen LogP contribution in [0.2, 0.25) is 10.0 Å². The van der Waals surface area contributed by atoms with E-state index in [-0.39, 0.29) is 50.5 Å². The van der Waals surface area contributed by atoms with Crippen LogP contribution in [0.4, 0.5) is 5.69 Å². The number of aromatic hydroxyl groups is 1. The number of carbonyl (C=O) groups is 3. The molecule has 8 nitrogen and oxygen atoms in total. The summed E-state index contributed by atoms with van der Waals surface area (Å²) in [7, 11) is 1.33. The number of aliphatic hydroxyl groups is 1. The maximum Gasteiger partial charge on any atom is 0.338 e. The highest BCUT2D eigenvalue weighted by atomic mass is 35.5. The Morgan fingerprint density at radius 2 is 1.78 bits per heavy atom. The van der Waals surface area contributed by atoms with Crippen molar-refractivity contribution in [3.63, 3.8) is 0 Å². The average molecular weight is 542 g/mol. The first-order chi connectivity index (χ1) is 17.7. The highest BCUT2D eigenvalue weighted by molar-refractivity contribution is 6.52. The van der Waals surface area contributed by atoms with Crippen LogP contribution in [0.1, 0.15) is 34.5 Å². The van der Waals surface area contributed by atoms with Crippen LogP contribution in [0.25, 0.3) is 5.76 Å². The number of nitrogens with zero attached hydrogens (tertiary/aromatic N) is 1. The first-order valence-electron chi connectivity index (χ1n) is 11.1. The normalized spacial score (nSPS) is 16.6. The molecule has 0 bridgehead atoms. The van der Waals surface area contributed by atoms with Gasteiger partial charge in [-0.3, -0.25) is 14.5 Å². The van der Waals surface area contributed by atoms with Gasteiger partial charge in [-0.05, 0) is 55.0 Å². The number of halogens is 2. The molecule has 1 amide bonds. The molecule has 4 rings (SSSR count). The molecule has 2 N–H and O–H groups in total. The smallest absolute Gasteiger partial charge is 0.338 e. The van der Waals surface area contributed by atoms with Gasteiger partial charge in [-0.25, -0.2) is 4.79 Å². The van der Waals surface area contributed by atoms with E-state index >= 15 is 0 Å². The average Bonchev–Trinajstić information content (AvgIpc) is 3.13. The minimum absolute atomic E-state index is 0.00317. The fourth-order valence-corrected chi connectivity index (χ4v) is 4.77. The molecule has 3 aromatic carbocycles. The van der Waals surface area contributed by atoms with E-state index in [0.717, 1.165) is 4.90 Å². The van der Waals surface area contributed by atoms with Gasteiger partial charge in [-0.2, -0.15) is 0 Å². The molecule has 1 unspecified atom stereocenters. The summed E-state index contributed by atoms with van der Waals surface area (Å²) in [4.78, 5) is 40.3. The second-order valence-electron chi connectivity index (χ2n) is 8.00. The van der Waals surface area contributed by atoms with Crippen LogP contribution in [0.3, 0.4) is 0 Å². The second kappa shape index (κ2) is 10.5. The Hall–Kier alpha value is -4.01. The van der Waals surface area contributed by atoms with Gasteiger partial charge >= 0.3 is 5.97 Å². The maximum absolute atomic E-state index is 13.4. The van der Waals surface area contributed by atoms with E-state index in [4.69, 9.17) is 32.7 Å². The molecule has 0 aliphatic carbocycles. The number of ketones is 1. The van der Waals surface area contributed by atoms with Gasteiger partial charge in [0.05, 0.1) is 41.5 Å². The minimum Gasteiger partial charge on any atom is -0.508 e. The lowest BCUT2D eigenvalue weighted by molar-refractivity contribution is -0.132. The van der Waals surface area contributed by atoms with Crippen LogP contribution >= 0.6 is 23.2 Å². The Balaban J connectivity index is 1.98. The fraction of sp³-hybridized carbons (Fsp3) is 0.148. The van der Waals surface area contributed by atoms with E-state index in [2.05, 4.69) is 0 Å². The third kappa shape index (κ3) is 4.85. The van der Waals surface area contributed by atoms with Crippen molar-refractivity contribution in [3.05, 3.63) is 93.0 Å². The SMILES string of the molecule is CCOC(=O)c1cccc(N2C(=O)C(=O)/C(=C(/O)c3cc(Cl)cc(Cl)c3OC)C2c2cccc(O)c2)c1. The van der Waals surface area contributed by atoms with E-state index in [1.165, 1.54) is 49.6 Å². The van der Waals surface area contributed by atoms with Gasteiger partial charge in [0.25, 0.3) is 11.7 Å². The molecule has 0 spiro atoms. The van der Waals surface area contributed by atoms with E-state index in [1.807, 2.05) is 0 Å². The van der Waals surface area contributed by atoms with Crippen LogP contribution < -0.4 is 9.64 Å². The van der Waals surface area contributed by atoms with Gasteiger partial charge in [0.2, 0.25) is 0 Å². The number of methoxy groups -OCH3 is 1. The van der Waals surface area contributed by atoms with Crippen LogP contribution in [0.15, 0.2) is 66.2 Å². The molecule has 1 fully saturated rings. The number of carbonyl (C=O) groups excluding carboxylic acids is 3. The lowest BCUT2D eigenvalue weighted by Gasteiger charge is -2.26. The first kappa shape index (κ1) is 26.1. The highest BCUT2D eigenvalue weighted by Crippen LogP contribution is 2.45. The number of aliphatic hydroxyl groups excluding tert-OH is 1. The van der Waals surface area contributed by atoms with Crippen molar-refractivity contribution in [1.29, 1.82) is 0 Å². The standard InChI is InChI=1S/C27H21Cl2NO7/c1-3-37-27(35)15-7-4-8-17(10-15)30-22(14-6-5-9-18(31)11-14)21(24(33)26(30)34)23(32)19-12-16(28)13-20(29)25(19)36-2/h4-13,22,31-32H,3H2,1-2H3/b23-21+. The molecule has 0 radical (unpaired) electrons. The summed E-state index contributed by atoms with van der Waals surface area (Å²) in [6, 6.07) is 13.5. The molecule has 1 atom stereocenters. The summed E-state index contributed by atoms with van der Waals surface area (Å²) in [6.45, 7) is 1.82. The van der Waals surface area contributed by atoms with Crippen LogP contribution in [0, 0.1) is 0 Å². The molecule has 0 aromatic heterocycles. The van der Waals surface area contributed by atoms with Crippen molar-refractivity contribution in [2.45, 2.75) is 13.0 Å². The van der Waals surface area contributed by atoms with Crippen molar-refractivity contribution in [2.24, 2.45) is 0 Å². The zero-order valence-corrected chi connectivity index (χ0v) is 21.2. The molecule has 1 aliphatic rings. The van der Waals surface area contributed by atoms with Crippen molar-refractivity contribution in [2.75, 3.05) is 18.6 Å². The van der Waals surface area contributed by atoms with E-state index in [9.17, 15) is 24.6 Å². The van der Waals surface area contributed by atoms with Gasteiger partial charge in [-0.1, -0.05) is 41.4 Å². The fourth-order valence-electron chi connectivity index (χ4n) is 4.20. The number of benzene rings is 3. The molecule has 1 aliphatic heterocycles. The second-order valence-corrected chi connectivity index (χ2v) is 8.85. The Morgan fingerprint density at radius 3 is 2.46 bits per heavy atom.